The van der Waals surface area contributed by atoms with Gasteiger partial charge in [-0.3, -0.25) is 4.57 Å². The fraction of sp³-hybridized carbons (Fsp3) is 0.423. The molecule has 9 heteroatoms. The summed E-state index contributed by atoms with van der Waals surface area (Å²) in [6, 6.07) is 12.4. The second-order valence-electron chi connectivity index (χ2n) is 9.14. The van der Waals surface area contributed by atoms with Crippen LogP contribution in [0.5, 0.6) is 11.6 Å². The third-order valence-electron chi connectivity index (χ3n) is 6.37. The number of nitrogens with zero attached hydrogens (tertiary/aromatic N) is 5. The van der Waals surface area contributed by atoms with Gasteiger partial charge in [-0.05, 0) is 61.4 Å². The van der Waals surface area contributed by atoms with E-state index in [-0.39, 0.29) is 11.6 Å². The van der Waals surface area contributed by atoms with Gasteiger partial charge in [-0.15, -0.1) is 0 Å². The Morgan fingerprint density at radius 1 is 1.09 bits per heavy atom. The molecule has 0 unspecified atom stereocenters. The van der Waals surface area contributed by atoms with Crippen molar-refractivity contribution in [3.8, 4) is 17.7 Å². The Kier molecular flexibility index (Phi) is 7.60. The molecule has 0 saturated heterocycles. The van der Waals surface area contributed by atoms with Crippen LogP contribution in [0.25, 0.3) is 0 Å². The zero-order chi connectivity index (χ0) is 24.8. The quantitative estimate of drug-likeness (QED) is 0.513. The Hall–Kier alpha value is -3.93. The van der Waals surface area contributed by atoms with E-state index < -0.39 is 5.69 Å². The summed E-state index contributed by atoms with van der Waals surface area (Å²) in [5, 5.41) is 12.0. The van der Waals surface area contributed by atoms with Gasteiger partial charge in [0, 0.05) is 31.0 Å². The SMILES string of the molecule is CCCn1c(=O)nc(Nc2ccc(Oc3ccc(C#N)cn3)cc2)n(CC2CCC(C)CC2)c1=O. The van der Waals surface area contributed by atoms with Crippen LogP contribution in [0, 0.1) is 23.2 Å². The highest BCUT2D eigenvalue weighted by molar-refractivity contribution is 5.54. The third kappa shape index (κ3) is 5.96. The van der Waals surface area contributed by atoms with E-state index in [0.29, 0.717) is 54.2 Å². The maximum Gasteiger partial charge on any atom is 0.354 e. The lowest BCUT2D eigenvalue weighted by Crippen LogP contribution is -2.43. The molecule has 1 aliphatic carbocycles. The van der Waals surface area contributed by atoms with Crippen LogP contribution in [-0.4, -0.2) is 19.1 Å². The molecule has 182 valence electrons. The van der Waals surface area contributed by atoms with E-state index in [0.717, 1.165) is 25.7 Å². The minimum atomic E-state index is -0.542. The van der Waals surface area contributed by atoms with Crippen molar-refractivity contribution in [3.05, 3.63) is 69.1 Å². The van der Waals surface area contributed by atoms with Crippen molar-refractivity contribution < 1.29 is 4.74 Å². The monoisotopic (exact) mass is 474 g/mol. The minimum Gasteiger partial charge on any atom is -0.439 e. The topological polar surface area (TPSA) is 115 Å². The lowest BCUT2D eigenvalue weighted by molar-refractivity contribution is 0.260. The molecule has 0 aliphatic heterocycles. The van der Waals surface area contributed by atoms with Gasteiger partial charge in [-0.2, -0.15) is 10.2 Å². The van der Waals surface area contributed by atoms with Gasteiger partial charge in [0.15, 0.2) is 0 Å². The molecule has 1 aromatic carbocycles. The van der Waals surface area contributed by atoms with E-state index in [9.17, 15) is 9.59 Å². The summed E-state index contributed by atoms with van der Waals surface area (Å²) in [5.41, 5.74) is 0.272. The van der Waals surface area contributed by atoms with Crippen molar-refractivity contribution in [1.29, 1.82) is 5.26 Å². The molecule has 4 rings (SSSR count). The van der Waals surface area contributed by atoms with E-state index in [1.54, 1.807) is 41.0 Å². The number of ether oxygens (including phenoxy) is 1. The van der Waals surface area contributed by atoms with Gasteiger partial charge in [0.1, 0.15) is 11.8 Å². The van der Waals surface area contributed by atoms with E-state index >= 15 is 0 Å². The number of nitrogens with one attached hydrogen (secondary N) is 1. The molecular weight excluding hydrogens is 444 g/mol. The average Bonchev–Trinajstić information content (AvgIpc) is 2.87. The molecule has 3 aromatic rings. The van der Waals surface area contributed by atoms with Gasteiger partial charge in [0.25, 0.3) is 0 Å². The summed E-state index contributed by atoms with van der Waals surface area (Å²) < 4.78 is 8.56. The molecule has 1 fully saturated rings. The first-order valence-electron chi connectivity index (χ1n) is 12.1. The summed E-state index contributed by atoms with van der Waals surface area (Å²) >= 11 is 0. The summed E-state index contributed by atoms with van der Waals surface area (Å²) in [4.78, 5) is 34.1. The van der Waals surface area contributed by atoms with Gasteiger partial charge in [0.05, 0.1) is 5.56 Å². The lowest BCUT2D eigenvalue weighted by Gasteiger charge is -2.27. The number of nitriles is 1. The van der Waals surface area contributed by atoms with E-state index in [2.05, 4.69) is 22.2 Å². The number of anilines is 2. The highest BCUT2D eigenvalue weighted by atomic mass is 16.5. The standard InChI is InChI=1S/C26H30N6O3/c1-3-14-31-25(33)30-24(32(26(31)34)17-19-6-4-18(2)5-7-19)29-21-9-11-22(12-10-21)35-23-13-8-20(15-27)16-28-23/h8-13,16,18-19H,3-7,14,17H2,1-2H3,(H,29,30,33). The highest BCUT2D eigenvalue weighted by Gasteiger charge is 2.22. The van der Waals surface area contributed by atoms with Crippen molar-refractivity contribution >= 4 is 11.6 Å². The fourth-order valence-corrected chi connectivity index (χ4v) is 4.34. The van der Waals surface area contributed by atoms with Crippen LogP contribution in [0.1, 0.15) is 51.5 Å². The number of benzene rings is 1. The third-order valence-corrected chi connectivity index (χ3v) is 6.37. The molecule has 9 nitrogen and oxygen atoms in total. The zero-order valence-electron chi connectivity index (χ0n) is 20.1. The normalized spacial score (nSPS) is 17.5. The van der Waals surface area contributed by atoms with Crippen LogP contribution in [0.2, 0.25) is 0 Å². The van der Waals surface area contributed by atoms with Gasteiger partial charge in [-0.1, -0.05) is 26.7 Å². The minimum absolute atomic E-state index is 0.258. The maximum atomic E-state index is 13.2. The number of aromatic nitrogens is 4. The number of pyridine rings is 1. The summed E-state index contributed by atoms with van der Waals surface area (Å²) in [5.74, 6) is 2.30. The first kappa shape index (κ1) is 24.2. The Bertz CT molecular complexity index is 1300. The smallest absolute Gasteiger partial charge is 0.354 e. The molecule has 0 spiro atoms. The van der Waals surface area contributed by atoms with Crippen molar-refractivity contribution in [2.24, 2.45) is 11.8 Å². The Morgan fingerprint density at radius 3 is 2.46 bits per heavy atom. The predicted octanol–water partition coefficient (Wildman–Crippen LogP) is 4.44. The van der Waals surface area contributed by atoms with Crippen molar-refractivity contribution in [1.82, 2.24) is 19.1 Å². The van der Waals surface area contributed by atoms with Gasteiger partial charge < -0.3 is 10.1 Å². The number of rotatable bonds is 8. The Morgan fingerprint density at radius 2 is 1.83 bits per heavy atom. The van der Waals surface area contributed by atoms with Crippen LogP contribution in [0.4, 0.5) is 11.6 Å². The molecule has 2 aromatic heterocycles. The van der Waals surface area contributed by atoms with Crippen LogP contribution in [0.15, 0.2) is 52.2 Å². The highest BCUT2D eigenvalue weighted by Crippen LogP contribution is 2.30. The molecule has 0 radical (unpaired) electrons. The van der Waals surface area contributed by atoms with Gasteiger partial charge in [-0.25, -0.2) is 19.1 Å². The first-order chi connectivity index (χ1) is 17.0. The fourth-order valence-electron chi connectivity index (χ4n) is 4.34. The molecule has 1 saturated carbocycles. The van der Waals surface area contributed by atoms with Crippen LogP contribution < -0.4 is 21.4 Å². The van der Waals surface area contributed by atoms with Crippen LogP contribution >= 0.6 is 0 Å². The van der Waals surface area contributed by atoms with Gasteiger partial charge >= 0.3 is 11.4 Å². The number of hydrogen-bond acceptors (Lipinski definition) is 7. The molecule has 0 atom stereocenters. The molecule has 1 aliphatic rings. The average molecular weight is 475 g/mol. The Balaban J connectivity index is 1.55. The zero-order valence-corrected chi connectivity index (χ0v) is 20.1. The van der Waals surface area contributed by atoms with Crippen LogP contribution in [0.3, 0.4) is 0 Å². The predicted molar refractivity (Wildman–Crippen MR) is 133 cm³/mol. The molecule has 1 N–H and O–H groups in total. The molecule has 35 heavy (non-hydrogen) atoms. The summed E-state index contributed by atoms with van der Waals surface area (Å²) in [7, 11) is 0. The van der Waals surface area contributed by atoms with E-state index in [4.69, 9.17) is 10.00 Å². The molecular formula is C26H30N6O3. The van der Waals surface area contributed by atoms with E-state index in [1.165, 1.54) is 10.8 Å². The number of hydrogen-bond donors (Lipinski definition) is 1. The second-order valence-corrected chi connectivity index (χ2v) is 9.14. The first-order valence-corrected chi connectivity index (χ1v) is 12.1. The molecule has 0 amide bonds. The molecule has 0 bridgehead atoms. The largest absolute Gasteiger partial charge is 0.439 e. The second kappa shape index (κ2) is 11.0. The summed E-state index contributed by atoms with van der Waals surface area (Å²) in [6.07, 6.45) is 6.56. The van der Waals surface area contributed by atoms with Crippen LogP contribution in [-0.2, 0) is 13.1 Å². The Labute approximate surface area is 204 Å². The summed E-state index contributed by atoms with van der Waals surface area (Å²) in [6.45, 7) is 5.09. The lowest BCUT2D eigenvalue weighted by atomic mass is 9.83. The van der Waals surface area contributed by atoms with E-state index in [1.807, 2.05) is 13.0 Å². The molecule has 2 heterocycles. The van der Waals surface area contributed by atoms with Crippen molar-refractivity contribution in [2.45, 2.75) is 59.0 Å². The van der Waals surface area contributed by atoms with Crippen molar-refractivity contribution in [2.75, 3.05) is 5.32 Å². The van der Waals surface area contributed by atoms with Crippen molar-refractivity contribution in [3.63, 3.8) is 0 Å². The maximum absolute atomic E-state index is 13.2. The van der Waals surface area contributed by atoms with Gasteiger partial charge in [0.2, 0.25) is 11.8 Å².